The molecule has 1 aromatic carbocycles. The van der Waals surface area contributed by atoms with Crippen LogP contribution in [0.3, 0.4) is 0 Å². The van der Waals surface area contributed by atoms with Gasteiger partial charge in [-0.05, 0) is 43.5 Å². The van der Waals surface area contributed by atoms with Gasteiger partial charge >= 0.3 is 0 Å². The van der Waals surface area contributed by atoms with E-state index in [9.17, 15) is 4.39 Å². The van der Waals surface area contributed by atoms with Crippen molar-refractivity contribution in [1.29, 1.82) is 0 Å². The lowest BCUT2D eigenvalue weighted by Gasteiger charge is -2.14. The van der Waals surface area contributed by atoms with Crippen LogP contribution < -0.4 is 10.5 Å². The Morgan fingerprint density at radius 1 is 1.28 bits per heavy atom. The molecular weight excluding hydrogens is 233 g/mol. The summed E-state index contributed by atoms with van der Waals surface area (Å²) in [6.45, 7) is 5.62. The highest BCUT2D eigenvalue weighted by molar-refractivity contribution is 5.34. The van der Waals surface area contributed by atoms with Gasteiger partial charge in [0.2, 0.25) is 0 Å². The van der Waals surface area contributed by atoms with Crippen molar-refractivity contribution in [2.45, 2.75) is 32.7 Å². The van der Waals surface area contributed by atoms with Crippen LogP contribution in [-0.4, -0.2) is 25.9 Å². The van der Waals surface area contributed by atoms with Gasteiger partial charge in [-0.2, -0.15) is 0 Å². The second-order valence-corrected chi connectivity index (χ2v) is 4.17. The fourth-order valence-corrected chi connectivity index (χ4v) is 1.63. The first kappa shape index (κ1) is 14.9. The molecule has 0 amide bonds. The predicted octanol–water partition coefficient (Wildman–Crippen LogP) is 2.52. The van der Waals surface area contributed by atoms with Gasteiger partial charge in [0.15, 0.2) is 0 Å². The Bertz CT molecular complexity index is 358. The molecule has 0 bridgehead atoms. The number of rotatable bonds is 8. The van der Waals surface area contributed by atoms with Crippen molar-refractivity contribution in [3.63, 3.8) is 0 Å². The average Bonchev–Trinajstić information content (AvgIpc) is 2.36. The molecule has 0 saturated carbocycles. The zero-order valence-corrected chi connectivity index (χ0v) is 11.1. The molecule has 0 spiro atoms. The van der Waals surface area contributed by atoms with Crippen LogP contribution in [0.2, 0.25) is 0 Å². The van der Waals surface area contributed by atoms with E-state index in [4.69, 9.17) is 15.2 Å². The van der Waals surface area contributed by atoms with E-state index >= 15 is 0 Å². The quantitative estimate of drug-likeness (QED) is 0.726. The van der Waals surface area contributed by atoms with Gasteiger partial charge in [0.1, 0.15) is 18.2 Å². The van der Waals surface area contributed by atoms with Crippen LogP contribution in [0.15, 0.2) is 18.2 Å². The van der Waals surface area contributed by atoms with Gasteiger partial charge in [0, 0.05) is 12.6 Å². The van der Waals surface area contributed by atoms with Crippen LogP contribution in [0.5, 0.6) is 5.75 Å². The number of nitrogens with two attached hydrogens (primary N) is 1. The number of benzene rings is 1. The van der Waals surface area contributed by atoms with Crippen molar-refractivity contribution in [3.8, 4) is 5.75 Å². The van der Waals surface area contributed by atoms with Crippen molar-refractivity contribution in [2.24, 2.45) is 5.73 Å². The second-order valence-electron chi connectivity index (χ2n) is 4.17. The number of hydrogen-bond acceptors (Lipinski definition) is 3. The van der Waals surface area contributed by atoms with Crippen molar-refractivity contribution in [1.82, 2.24) is 0 Å². The maximum Gasteiger partial charge on any atom is 0.123 e. The first-order valence-corrected chi connectivity index (χ1v) is 6.41. The molecule has 102 valence electrons. The molecule has 0 aliphatic rings. The summed E-state index contributed by atoms with van der Waals surface area (Å²) in [5.41, 5.74) is 6.72. The van der Waals surface area contributed by atoms with Crippen LogP contribution in [0, 0.1) is 5.82 Å². The molecule has 4 heteroatoms. The van der Waals surface area contributed by atoms with Crippen LogP contribution in [0.4, 0.5) is 4.39 Å². The van der Waals surface area contributed by atoms with E-state index < -0.39 is 0 Å². The normalized spacial score (nSPS) is 12.4. The summed E-state index contributed by atoms with van der Waals surface area (Å²) in [4.78, 5) is 0. The summed E-state index contributed by atoms with van der Waals surface area (Å²) >= 11 is 0. The molecule has 0 aromatic heterocycles. The van der Waals surface area contributed by atoms with Crippen molar-refractivity contribution in [3.05, 3.63) is 29.6 Å². The molecule has 0 fully saturated rings. The first-order valence-electron chi connectivity index (χ1n) is 6.41. The summed E-state index contributed by atoms with van der Waals surface area (Å²) in [6.07, 6.45) is 1.48. The Labute approximate surface area is 108 Å². The highest BCUT2D eigenvalue weighted by Gasteiger charge is 2.09. The molecule has 1 atom stereocenters. The van der Waals surface area contributed by atoms with E-state index in [1.807, 2.05) is 13.8 Å². The molecule has 0 heterocycles. The van der Waals surface area contributed by atoms with Gasteiger partial charge in [-0.25, -0.2) is 4.39 Å². The molecule has 0 saturated heterocycles. The van der Waals surface area contributed by atoms with Crippen LogP contribution in [0.1, 0.15) is 25.8 Å². The monoisotopic (exact) mass is 255 g/mol. The zero-order chi connectivity index (χ0) is 13.4. The third-order valence-corrected chi connectivity index (χ3v) is 2.72. The smallest absolute Gasteiger partial charge is 0.123 e. The van der Waals surface area contributed by atoms with E-state index in [2.05, 4.69) is 0 Å². The van der Waals surface area contributed by atoms with Crippen molar-refractivity contribution < 1.29 is 13.9 Å². The van der Waals surface area contributed by atoms with Gasteiger partial charge in [-0.15, -0.1) is 0 Å². The van der Waals surface area contributed by atoms with Crippen LogP contribution in [0.25, 0.3) is 0 Å². The molecule has 1 rings (SSSR count). The minimum absolute atomic E-state index is 0.0287. The number of halogens is 1. The molecule has 1 aromatic rings. The Kier molecular flexibility index (Phi) is 6.68. The van der Waals surface area contributed by atoms with Gasteiger partial charge in [-0.3, -0.25) is 0 Å². The second kappa shape index (κ2) is 8.06. The van der Waals surface area contributed by atoms with E-state index in [0.29, 0.717) is 32.0 Å². The maximum atomic E-state index is 13.2. The van der Waals surface area contributed by atoms with Crippen LogP contribution >= 0.6 is 0 Å². The van der Waals surface area contributed by atoms with Crippen LogP contribution in [-0.2, 0) is 11.2 Å². The Morgan fingerprint density at radius 3 is 2.72 bits per heavy atom. The first-order chi connectivity index (χ1) is 8.67. The third-order valence-electron chi connectivity index (χ3n) is 2.72. The molecule has 0 aliphatic heterocycles. The van der Waals surface area contributed by atoms with E-state index in [-0.39, 0.29) is 11.9 Å². The summed E-state index contributed by atoms with van der Waals surface area (Å²) in [7, 11) is 0. The summed E-state index contributed by atoms with van der Waals surface area (Å²) < 4.78 is 24.0. The summed E-state index contributed by atoms with van der Waals surface area (Å²) in [5, 5.41) is 0. The van der Waals surface area contributed by atoms with Crippen molar-refractivity contribution in [2.75, 3.05) is 19.8 Å². The van der Waals surface area contributed by atoms with E-state index in [0.717, 1.165) is 12.0 Å². The molecule has 3 nitrogen and oxygen atoms in total. The van der Waals surface area contributed by atoms with Crippen molar-refractivity contribution >= 4 is 0 Å². The third kappa shape index (κ3) is 5.02. The van der Waals surface area contributed by atoms with Gasteiger partial charge in [0.05, 0.1) is 6.61 Å². The zero-order valence-electron chi connectivity index (χ0n) is 11.1. The average molecular weight is 255 g/mol. The lowest BCUT2D eigenvalue weighted by atomic mass is 10.0. The molecule has 18 heavy (non-hydrogen) atoms. The standard InChI is InChI=1S/C14H22FNO2/c1-3-13(16)10-11-9-12(15)5-6-14(11)18-8-7-17-4-2/h5-6,9,13H,3-4,7-8,10,16H2,1-2H3. The minimum atomic E-state index is -0.259. The molecule has 0 aliphatic carbocycles. The Balaban J connectivity index is 2.64. The maximum absolute atomic E-state index is 13.2. The molecule has 1 unspecified atom stereocenters. The fraction of sp³-hybridized carbons (Fsp3) is 0.571. The molecule has 0 radical (unpaired) electrons. The fourth-order valence-electron chi connectivity index (χ4n) is 1.63. The Hall–Kier alpha value is -1.13. The van der Waals surface area contributed by atoms with Gasteiger partial charge < -0.3 is 15.2 Å². The van der Waals surface area contributed by atoms with E-state index in [1.165, 1.54) is 12.1 Å². The minimum Gasteiger partial charge on any atom is -0.491 e. The molecular formula is C14H22FNO2. The predicted molar refractivity (Wildman–Crippen MR) is 70.4 cm³/mol. The largest absolute Gasteiger partial charge is 0.491 e. The Morgan fingerprint density at radius 2 is 2.06 bits per heavy atom. The lowest BCUT2D eigenvalue weighted by molar-refractivity contribution is 0.110. The number of ether oxygens (including phenoxy) is 2. The van der Waals surface area contributed by atoms with E-state index in [1.54, 1.807) is 6.07 Å². The highest BCUT2D eigenvalue weighted by Crippen LogP contribution is 2.21. The lowest BCUT2D eigenvalue weighted by Crippen LogP contribution is -2.22. The highest BCUT2D eigenvalue weighted by atomic mass is 19.1. The summed E-state index contributed by atoms with van der Waals surface area (Å²) in [6, 6.07) is 4.57. The molecule has 2 N–H and O–H groups in total. The summed E-state index contributed by atoms with van der Waals surface area (Å²) in [5.74, 6) is 0.436. The topological polar surface area (TPSA) is 44.5 Å². The SMILES string of the molecule is CCOCCOc1ccc(F)cc1CC(N)CC. The number of hydrogen-bond donors (Lipinski definition) is 1. The van der Waals surface area contributed by atoms with Gasteiger partial charge in [-0.1, -0.05) is 6.92 Å². The van der Waals surface area contributed by atoms with Gasteiger partial charge in [0.25, 0.3) is 0 Å².